The number of nitrogens with zero attached hydrogens (tertiary/aromatic N) is 3. The molecule has 0 amide bonds. The van der Waals surface area contributed by atoms with Crippen LogP contribution in [0.3, 0.4) is 0 Å². The van der Waals surface area contributed by atoms with Gasteiger partial charge in [0.25, 0.3) is 0 Å². The fourth-order valence-electron chi connectivity index (χ4n) is 1.67. The highest BCUT2D eigenvalue weighted by Crippen LogP contribution is 2.21. The Balaban J connectivity index is 2.03. The van der Waals surface area contributed by atoms with Gasteiger partial charge in [-0.25, -0.2) is 9.37 Å². The molecule has 0 saturated heterocycles. The van der Waals surface area contributed by atoms with Crippen LogP contribution in [0.4, 0.5) is 4.39 Å². The molecule has 1 aromatic heterocycles. The Hall–Kier alpha value is -1.27. The zero-order valence-electron chi connectivity index (χ0n) is 10.2. The molecule has 96 valence electrons. The molecule has 1 aromatic carbocycles. The summed E-state index contributed by atoms with van der Waals surface area (Å²) in [5.74, 6) is 0.479. The lowest BCUT2D eigenvalue weighted by molar-refractivity contribution is 0.518. The molecule has 4 nitrogen and oxygen atoms in total. The first-order valence-electron chi connectivity index (χ1n) is 5.59. The predicted octanol–water partition coefficient (Wildman–Crippen LogP) is 2.57. The molecule has 2 rings (SSSR count). The Morgan fingerprint density at radius 3 is 2.94 bits per heavy atom. The first-order chi connectivity index (χ1) is 8.56. The Labute approximate surface area is 113 Å². The van der Waals surface area contributed by atoms with Crippen LogP contribution in [0.15, 0.2) is 29.0 Å². The summed E-state index contributed by atoms with van der Waals surface area (Å²) in [5.41, 5.74) is 0.625. The van der Waals surface area contributed by atoms with E-state index < -0.39 is 0 Å². The average molecular weight is 313 g/mol. The van der Waals surface area contributed by atoms with Crippen LogP contribution in [0, 0.1) is 5.82 Å². The number of halogens is 2. The number of rotatable bonds is 4. The van der Waals surface area contributed by atoms with Gasteiger partial charge in [-0.15, -0.1) is 0 Å². The molecule has 0 saturated carbocycles. The summed E-state index contributed by atoms with van der Waals surface area (Å²) < 4.78 is 16.2. The predicted molar refractivity (Wildman–Crippen MR) is 70.4 cm³/mol. The molecule has 0 aliphatic carbocycles. The number of hydrogen-bond acceptors (Lipinski definition) is 3. The van der Waals surface area contributed by atoms with Crippen molar-refractivity contribution in [2.24, 2.45) is 7.05 Å². The third-order valence-electron chi connectivity index (χ3n) is 2.64. The minimum Gasteiger partial charge on any atom is -0.303 e. The maximum atomic E-state index is 13.7. The van der Waals surface area contributed by atoms with E-state index >= 15 is 0 Å². The van der Waals surface area contributed by atoms with Gasteiger partial charge < -0.3 is 5.32 Å². The Morgan fingerprint density at radius 1 is 1.50 bits per heavy atom. The monoisotopic (exact) mass is 312 g/mol. The summed E-state index contributed by atoms with van der Waals surface area (Å²) >= 11 is 3.34. The van der Waals surface area contributed by atoms with E-state index in [0.717, 1.165) is 4.47 Å². The second-order valence-corrected chi connectivity index (χ2v) is 5.02. The fraction of sp³-hybridized carbons (Fsp3) is 0.333. The van der Waals surface area contributed by atoms with Crippen LogP contribution < -0.4 is 5.32 Å². The molecule has 1 unspecified atom stereocenters. The molecule has 6 heteroatoms. The van der Waals surface area contributed by atoms with E-state index in [1.165, 1.54) is 6.07 Å². The van der Waals surface area contributed by atoms with Crippen molar-refractivity contribution < 1.29 is 4.39 Å². The van der Waals surface area contributed by atoms with Crippen molar-refractivity contribution in [1.82, 2.24) is 20.1 Å². The summed E-state index contributed by atoms with van der Waals surface area (Å²) in [7, 11) is 1.81. The van der Waals surface area contributed by atoms with Gasteiger partial charge in [0.05, 0.1) is 6.54 Å². The first-order valence-corrected chi connectivity index (χ1v) is 6.38. The van der Waals surface area contributed by atoms with Crippen LogP contribution in [-0.2, 0) is 13.6 Å². The van der Waals surface area contributed by atoms with Crippen molar-refractivity contribution in [1.29, 1.82) is 0 Å². The third-order valence-corrected chi connectivity index (χ3v) is 3.13. The highest BCUT2D eigenvalue weighted by atomic mass is 79.9. The van der Waals surface area contributed by atoms with E-state index in [1.54, 1.807) is 23.1 Å². The number of aromatic nitrogens is 3. The smallest absolute Gasteiger partial charge is 0.164 e. The Bertz CT molecular complexity index is 541. The van der Waals surface area contributed by atoms with E-state index in [1.807, 2.05) is 14.0 Å². The van der Waals surface area contributed by atoms with Gasteiger partial charge in [-0.2, -0.15) is 5.10 Å². The second kappa shape index (κ2) is 5.58. The molecule has 0 radical (unpaired) electrons. The maximum Gasteiger partial charge on any atom is 0.164 e. The van der Waals surface area contributed by atoms with Crippen molar-refractivity contribution in [3.63, 3.8) is 0 Å². The molecule has 2 aromatic rings. The van der Waals surface area contributed by atoms with Gasteiger partial charge in [0.1, 0.15) is 12.1 Å². The van der Waals surface area contributed by atoms with Crippen molar-refractivity contribution in [2.45, 2.75) is 19.5 Å². The highest BCUT2D eigenvalue weighted by Gasteiger charge is 2.11. The zero-order valence-corrected chi connectivity index (χ0v) is 11.8. The van der Waals surface area contributed by atoms with E-state index in [2.05, 4.69) is 31.3 Å². The molecule has 0 aliphatic heterocycles. The fourth-order valence-corrected chi connectivity index (χ4v) is 2.04. The average Bonchev–Trinajstić information content (AvgIpc) is 2.75. The second-order valence-electron chi connectivity index (χ2n) is 4.10. The molecule has 0 aliphatic rings. The van der Waals surface area contributed by atoms with Gasteiger partial charge in [0.2, 0.25) is 0 Å². The van der Waals surface area contributed by atoms with Crippen LogP contribution in [0.2, 0.25) is 0 Å². The Kier molecular flexibility index (Phi) is 4.08. The minimum absolute atomic E-state index is 0.105. The van der Waals surface area contributed by atoms with Crippen LogP contribution in [0.25, 0.3) is 0 Å². The SMILES string of the molecule is CC(NCc1ncn(C)n1)c1cc(Br)ccc1F. The number of nitrogens with one attached hydrogen (secondary N) is 1. The van der Waals surface area contributed by atoms with E-state index in [4.69, 9.17) is 0 Å². The summed E-state index contributed by atoms with van der Waals surface area (Å²) in [6, 6.07) is 4.81. The van der Waals surface area contributed by atoms with Crippen molar-refractivity contribution in [3.05, 3.63) is 46.2 Å². The highest BCUT2D eigenvalue weighted by molar-refractivity contribution is 9.10. The normalized spacial score (nSPS) is 12.7. The maximum absolute atomic E-state index is 13.7. The molecule has 0 bridgehead atoms. The number of hydrogen-bond donors (Lipinski definition) is 1. The van der Waals surface area contributed by atoms with Gasteiger partial charge in [-0.05, 0) is 25.1 Å². The van der Waals surface area contributed by atoms with E-state index in [0.29, 0.717) is 17.9 Å². The molecule has 0 fully saturated rings. The van der Waals surface area contributed by atoms with Crippen LogP contribution >= 0.6 is 15.9 Å². The number of aryl methyl sites for hydroxylation is 1. The van der Waals surface area contributed by atoms with Crippen LogP contribution in [0.1, 0.15) is 24.4 Å². The van der Waals surface area contributed by atoms with Crippen LogP contribution in [0.5, 0.6) is 0 Å². The van der Waals surface area contributed by atoms with Crippen molar-refractivity contribution in [3.8, 4) is 0 Å². The molecule has 0 spiro atoms. The Morgan fingerprint density at radius 2 is 2.28 bits per heavy atom. The lowest BCUT2D eigenvalue weighted by Gasteiger charge is -2.14. The number of benzene rings is 1. The van der Waals surface area contributed by atoms with Crippen molar-refractivity contribution in [2.75, 3.05) is 0 Å². The van der Waals surface area contributed by atoms with Gasteiger partial charge in [-0.1, -0.05) is 15.9 Å². The zero-order chi connectivity index (χ0) is 13.1. The van der Waals surface area contributed by atoms with Gasteiger partial charge in [0.15, 0.2) is 5.82 Å². The molecule has 1 heterocycles. The lowest BCUT2D eigenvalue weighted by atomic mass is 10.1. The quantitative estimate of drug-likeness (QED) is 0.943. The van der Waals surface area contributed by atoms with Gasteiger partial charge in [0, 0.05) is 23.1 Å². The topological polar surface area (TPSA) is 42.7 Å². The first kappa shape index (κ1) is 13.2. The standard InChI is InChI=1S/C12H14BrFN4/c1-8(10-5-9(13)3-4-11(10)14)15-6-12-16-7-18(2)17-12/h3-5,7-8,15H,6H2,1-2H3. The molecule has 1 N–H and O–H groups in total. The third kappa shape index (κ3) is 3.14. The van der Waals surface area contributed by atoms with Crippen molar-refractivity contribution >= 4 is 15.9 Å². The molecular weight excluding hydrogens is 299 g/mol. The van der Waals surface area contributed by atoms with E-state index in [9.17, 15) is 4.39 Å². The minimum atomic E-state index is -0.216. The van der Waals surface area contributed by atoms with E-state index in [-0.39, 0.29) is 11.9 Å². The largest absolute Gasteiger partial charge is 0.303 e. The van der Waals surface area contributed by atoms with Crippen LogP contribution in [-0.4, -0.2) is 14.8 Å². The van der Waals surface area contributed by atoms with Gasteiger partial charge in [-0.3, -0.25) is 4.68 Å². The summed E-state index contributed by atoms with van der Waals surface area (Å²) in [4.78, 5) is 4.11. The van der Waals surface area contributed by atoms with Gasteiger partial charge >= 0.3 is 0 Å². The summed E-state index contributed by atoms with van der Waals surface area (Å²) in [5, 5.41) is 7.35. The lowest BCUT2D eigenvalue weighted by Crippen LogP contribution is -2.20. The summed E-state index contributed by atoms with van der Waals surface area (Å²) in [6.07, 6.45) is 1.64. The molecule has 18 heavy (non-hydrogen) atoms. The molecule has 1 atom stereocenters. The summed E-state index contributed by atoms with van der Waals surface area (Å²) in [6.45, 7) is 2.42. The molecular formula is C12H14BrFN4.